The number of hydrogen-bond acceptors (Lipinski definition) is 6. The number of methoxy groups -OCH3 is 2. The minimum atomic E-state index is -0.371. The normalized spacial score (nSPS) is 16.1. The highest BCUT2D eigenvalue weighted by Gasteiger charge is 2.27. The number of aromatic nitrogens is 2. The molecule has 1 aliphatic heterocycles. The first kappa shape index (κ1) is 22.5. The molecule has 9 nitrogen and oxygen atoms in total. The number of hydrogen-bond donors (Lipinski definition) is 1. The molecule has 0 saturated carbocycles. The molecule has 0 spiro atoms. The summed E-state index contributed by atoms with van der Waals surface area (Å²) in [4.78, 5) is 39.0. The van der Waals surface area contributed by atoms with Gasteiger partial charge in [-0.3, -0.25) is 18.7 Å². The summed E-state index contributed by atoms with van der Waals surface area (Å²) in [5.74, 6) is 1.67. The smallest absolute Gasteiger partial charge is 0.332 e. The summed E-state index contributed by atoms with van der Waals surface area (Å²) in [6.07, 6.45) is 2.26. The van der Waals surface area contributed by atoms with Crippen molar-refractivity contribution in [3.63, 3.8) is 0 Å². The van der Waals surface area contributed by atoms with Crippen molar-refractivity contribution in [2.24, 2.45) is 20.0 Å². The third kappa shape index (κ3) is 4.92. The van der Waals surface area contributed by atoms with Crippen LogP contribution in [0.4, 0.5) is 5.82 Å². The zero-order valence-electron chi connectivity index (χ0n) is 18.5. The van der Waals surface area contributed by atoms with Crippen molar-refractivity contribution in [2.45, 2.75) is 19.3 Å². The molecule has 1 unspecified atom stereocenters. The standard InChI is InChI=1S/C22H30N4O5/c1-24-19(13-20(27)25(2)22(24)29)26-11-5-6-16(14-26)21(28)23-10-9-15-7-8-17(30-3)18(12-15)31-4/h7-8,12-13,16H,5-6,9-11,14H2,1-4H3,(H,23,28). The summed E-state index contributed by atoms with van der Waals surface area (Å²) >= 11 is 0. The van der Waals surface area contributed by atoms with E-state index in [4.69, 9.17) is 9.47 Å². The molecule has 1 N–H and O–H groups in total. The molecule has 0 aliphatic carbocycles. The molecule has 1 aromatic heterocycles. The highest BCUT2D eigenvalue weighted by atomic mass is 16.5. The number of carbonyl (C=O) groups is 1. The number of ether oxygens (including phenoxy) is 2. The van der Waals surface area contributed by atoms with Gasteiger partial charge >= 0.3 is 5.69 Å². The van der Waals surface area contributed by atoms with Gasteiger partial charge in [-0.25, -0.2) is 4.79 Å². The molecule has 9 heteroatoms. The number of amides is 1. The number of benzene rings is 1. The average Bonchev–Trinajstić information content (AvgIpc) is 2.79. The monoisotopic (exact) mass is 430 g/mol. The Morgan fingerprint density at radius 3 is 2.55 bits per heavy atom. The van der Waals surface area contributed by atoms with Gasteiger partial charge in [0.1, 0.15) is 5.82 Å². The van der Waals surface area contributed by atoms with Crippen molar-refractivity contribution >= 4 is 11.7 Å². The van der Waals surface area contributed by atoms with Crippen LogP contribution < -0.4 is 30.9 Å². The van der Waals surface area contributed by atoms with Crippen molar-refractivity contribution in [2.75, 3.05) is 38.8 Å². The first-order chi connectivity index (χ1) is 14.8. The topological polar surface area (TPSA) is 94.8 Å². The van der Waals surface area contributed by atoms with Crippen molar-refractivity contribution in [1.82, 2.24) is 14.5 Å². The van der Waals surface area contributed by atoms with Gasteiger partial charge in [-0.05, 0) is 37.0 Å². The van der Waals surface area contributed by atoms with Crippen LogP contribution in [0.3, 0.4) is 0 Å². The second kappa shape index (κ2) is 9.72. The molecular formula is C22H30N4O5. The highest BCUT2D eigenvalue weighted by Crippen LogP contribution is 2.27. The fourth-order valence-electron chi connectivity index (χ4n) is 3.93. The highest BCUT2D eigenvalue weighted by molar-refractivity contribution is 5.79. The van der Waals surface area contributed by atoms with Gasteiger partial charge in [0.15, 0.2) is 11.5 Å². The fourth-order valence-corrected chi connectivity index (χ4v) is 3.93. The summed E-state index contributed by atoms with van der Waals surface area (Å²) in [5.41, 5.74) is 0.321. The zero-order valence-corrected chi connectivity index (χ0v) is 18.5. The van der Waals surface area contributed by atoms with E-state index in [1.54, 1.807) is 21.3 Å². The van der Waals surface area contributed by atoms with Crippen LogP contribution >= 0.6 is 0 Å². The minimum Gasteiger partial charge on any atom is -0.493 e. The Morgan fingerprint density at radius 2 is 1.84 bits per heavy atom. The summed E-state index contributed by atoms with van der Waals surface area (Å²) < 4.78 is 13.1. The molecular weight excluding hydrogens is 400 g/mol. The summed E-state index contributed by atoms with van der Waals surface area (Å²) in [5, 5.41) is 3.01. The Labute approximate surface area is 181 Å². The first-order valence-corrected chi connectivity index (χ1v) is 10.4. The molecule has 1 fully saturated rings. The van der Waals surface area contributed by atoms with E-state index in [0.29, 0.717) is 43.4 Å². The molecule has 1 amide bonds. The molecule has 1 aromatic carbocycles. The molecule has 168 valence electrons. The number of carbonyl (C=O) groups excluding carboxylic acids is 1. The van der Waals surface area contributed by atoms with Crippen molar-refractivity contribution in [1.29, 1.82) is 0 Å². The lowest BCUT2D eigenvalue weighted by Gasteiger charge is -2.34. The molecule has 1 aliphatic rings. The molecule has 3 rings (SSSR count). The van der Waals surface area contributed by atoms with Crippen LogP contribution in [-0.4, -0.2) is 48.9 Å². The maximum Gasteiger partial charge on any atom is 0.332 e. The molecule has 31 heavy (non-hydrogen) atoms. The molecule has 0 bridgehead atoms. The van der Waals surface area contributed by atoms with Gasteiger partial charge in [-0.1, -0.05) is 6.07 Å². The number of anilines is 1. The molecule has 2 aromatic rings. The van der Waals surface area contributed by atoms with Gasteiger partial charge in [-0.15, -0.1) is 0 Å². The predicted molar refractivity (Wildman–Crippen MR) is 118 cm³/mol. The summed E-state index contributed by atoms with van der Waals surface area (Å²) in [6.45, 7) is 1.69. The largest absolute Gasteiger partial charge is 0.493 e. The van der Waals surface area contributed by atoms with Gasteiger partial charge in [0.05, 0.1) is 20.1 Å². The Kier molecular flexibility index (Phi) is 7.04. The molecule has 0 radical (unpaired) electrons. The van der Waals surface area contributed by atoms with E-state index in [1.807, 2.05) is 23.1 Å². The van der Waals surface area contributed by atoms with Crippen LogP contribution in [0.1, 0.15) is 18.4 Å². The lowest BCUT2D eigenvalue weighted by molar-refractivity contribution is -0.125. The predicted octanol–water partition coefficient (Wildman–Crippen LogP) is 0.677. The maximum atomic E-state index is 12.7. The van der Waals surface area contributed by atoms with Gasteiger partial charge in [0, 0.05) is 39.8 Å². The van der Waals surface area contributed by atoms with E-state index in [0.717, 1.165) is 23.0 Å². The molecule has 1 saturated heterocycles. The third-order valence-corrected chi connectivity index (χ3v) is 5.78. The lowest BCUT2D eigenvalue weighted by atomic mass is 9.97. The van der Waals surface area contributed by atoms with Crippen LogP contribution in [0.5, 0.6) is 11.5 Å². The molecule has 2 heterocycles. The van der Waals surface area contributed by atoms with Crippen LogP contribution in [-0.2, 0) is 25.3 Å². The Bertz CT molecular complexity index is 1060. The first-order valence-electron chi connectivity index (χ1n) is 10.4. The van der Waals surface area contributed by atoms with Gasteiger partial charge < -0.3 is 19.7 Å². The SMILES string of the molecule is COc1ccc(CCNC(=O)C2CCCN(c3cc(=O)n(C)c(=O)n3C)C2)cc1OC. The number of nitrogens with zero attached hydrogens (tertiary/aromatic N) is 3. The Balaban J connectivity index is 1.61. The van der Waals surface area contributed by atoms with Crippen LogP contribution in [0.25, 0.3) is 0 Å². The van der Waals surface area contributed by atoms with Crippen LogP contribution in [0, 0.1) is 5.92 Å². The average molecular weight is 431 g/mol. The minimum absolute atomic E-state index is 0.0148. The van der Waals surface area contributed by atoms with Crippen LogP contribution in [0.2, 0.25) is 0 Å². The quantitative estimate of drug-likeness (QED) is 0.694. The maximum absolute atomic E-state index is 12.7. The van der Waals surface area contributed by atoms with E-state index in [-0.39, 0.29) is 23.1 Å². The summed E-state index contributed by atoms with van der Waals surface area (Å²) in [6, 6.07) is 7.16. The van der Waals surface area contributed by atoms with Gasteiger partial charge in [-0.2, -0.15) is 0 Å². The lowest BCUT2D eigenvalue weighted by Crippen LogP contribution is -2.46. The van der Waals surface area contributed by atoms with E-state index in [2.05, 4.69) is 5.32 Å². The number of nitrogens with one attached hydrogen (secondary N) is 1. The second-order valence-corrected chi connectivity index (χ2v) is 7.76. The fraction of sp³-hybridized carbons (Fsp3) is 0.500. The number of piperidine rings is 1. The Morgan fingerprint density at radius 1 is 1.10 bits per heavy atom. The zero-order chi connectivity index (χ0) is 22.5. The van der Waals surface area contributed by atoms with E-state index < -0.39 is 0 Å². The van der Waals surface area contributed by atoms with E-state index >= 15 is 0 Å². The van der Waals surface area contributed by atoms with Crippen molar-refractivity contribution < 1.29 is 14.3 Å². The molecule has 1 atom stereocenters. The Hall–Kier alpha value is -3.23. The third-order valence-electron chi connectivity index (χ3n) is 5.78. The van der Waals surface area contributed by atoms with Crippen molar-refractivity contribution in [3.8, 4) is 11.5 Å². The van der Waals surface area contributed by atoms with E-state index in [9.17, 15) is 14.4 Å². The van der Waals surface area contributed by atoms with E-state index in [1.165, 1.54) is 17.7 Å². The second-order valence-electron chi connectivity index (χ2n) is 7.76. The van der Waals surface area contributed by atoms with Crippen molar-refractivity contribution in [3.05, 3.63) is 50.7 Å². The summed E-state index contributed by atoms with van der Waals surface area (Å²) in [7, 11) is 6.29. The number of rotatable bonds is 7. The van der Waals surface area contributed by atoms with Gasteiger partial charge in [0.2, 0.25) is 5.91 Å². The van der Waals surface area contributed by atoms with Crippen LogP contribution in [0.15, 0.2) is 33.9 Å². The van der Waals surface area contributed by atoms with Gasteiger partial charge in [0.25, 0.3) is 5.56 Å².